The number of anilines is 1. The van der Waals surface area contributed by atoms with Gasteiger partial charge < -0.3 is 5.32 Å². The van der Waals surface area contributed by atoms with Crippen molar-refractivity contribution in [3.05, 3.63) is 40.4 Å². The Labute approximate surface area is 148 Å². The highest BCUT2D eigenvalue weighted by Crippen LogP contribution is 2.52. The van der Waals surface area contributed by atoms with Crippen LogP contribution in [0.15, 0.2) is 30.4 Å². The normalized spacial score (nSPS) is 30.2. The van der Waals surface area contributed by atoms with E-state index in [-0.39, 0.29) is 47.1 Å². The Morgan fingerprint density at radius 3 is 2.38 bits per heavy atom. The molecular weight excluding hydrogens is 351 g/mol. The van der Waals surface area contributed by atoms with E-state index in [9.17, 15) is 14.4 Å². The van der Waals surface area contributed by atoms with Gasteiger partial charge in [0.2, 0.25) is 17.7 Å². The van der Waals surface area contributed by atoms with Gasteiger partial charge in [-0.3, -0.25) is 19.3 Å². The molecule has 1 aromatic rings. The van der Waals surface area contributed by atoms with Crippen LogP contribution in [-0.2, 0) is 14.4 Å². The Hall–Kier alpha value is -1.85. The van der Waals surface area contributed by atoms with Gasteiger partial charge in [0.15, 0.2) is 0 Å². The Bertz CT molecular complexity index is 762. The fourth-order valence-electron chi connectivity index (χ4n) is 4.05. The Kier molecular flexibility index (Phi) is 3.66. The van der Waals surface area contributed by atoms with E-state index in [4.69, 9.17) is 23.2 Å². The maximum absolute atomic E-state index is 12.5. The summed E-state index contributed by atoms with van der Waals surface area (Å²) in [6.45, 7) is -0.299. The lowest BCUT2D eigenvalue weighted by Crippen LogP contribution is -2.39. The zero-order valence-electron chi connectivity index (χ0n) is 12.5. The van der Waals surface area contributed by atoms with E-state index >= 15 is 0 Å². The molecule has 4 atom stereocenters. The average Bonchev–Trinajstić information content (AvgIpc) is 3.22. The zero-order chi connectivity index (χ0) is 17.0. The number of likely N-dealkylation sites (tertiary alicyclic amines) is 1. The number of rotatable bonds is 3. The first-order chi connectivity index (χ1) is 11.5. The molecule has 3 aliphatic rings. The van der Waals surface area contributed by atoms with Crippen LogP contribution in [0.1, 0.15) is 6.42 Å². The number of hydrogen-bond donors (Lipinski definition) is 1. The summed E-state index contributed by atoms with van der Waals surface area (Å²) in [5.41, 5.74) is 0.357. The summed E-state index contributed by atoms with van der Waals surface area (Å²) in [6.07, 6.45) is 4.91. The molecule has 0 spiro atoms. The summed E-state index contributed by atoms with van der Waals surface area (Å²) in [6, 6.07) is 4.87. The van der Waals surface area contributed by atoms with E-state index in [1.807, 2.05) is 12.2 Å². The lowest BCUT2D eigenvalue weighted by molar-refractivity contribution is -0.143. The van der Waals surface area contributed by atoms with Crippen LogP contribution in [0.25, 0.3) is 0 Å². The molecule has 1 saturated carbocycles. The predicted octanol–water partition coefficient (Wildman–Crippen LogP) is 2.74. The number of halogens is 2. The van der Waals surface area contributed by atoms with Crippen LogP contribution in [0, 0.1) is 23.7 Å². The van der Waals surface area contributed by atoms with Crippen molar-refractivity contribution in [2.24, 2.45) is 23.7 Å². The molecule has 1 aromatic carbocycles. The Morgan fingerprint density at radius 2 is 1.75 bits per heavy atom. The Balaban J connectivity index is 1.48. The second-order valence-corrected chi connectivity index (χ2v) is 7.20. The summed E-state index contributed by atoms with van der Waals surface area (Å²) in [7, 11) is 0. The van der Waals surface area contributed by atoms with Crippen molar-refractivity contribution < 1.29 is 14.4 Å². The van der Waals surface area contributed by atoms with E-state index in [1.165, 1.54) is 0 Å². The topological polar surface area (TPSA) is 66.5 Å². The molecule has 124 valence electrons. The van der Waals surface area contributed by atoms with E-state index in [0.29, 0.717) is 10.7 Å². The summed E-state index contributed by atoms with van der Waals surface area (Å²) >= 11 is 11.9. The lowest BCUT2D eigenvalue weighted by Gasteiger charge is -2.17. The number of allylic oxidation sites excluding steroid dienone is 2. The summed E-state index contributed by atoms with van der Waals surface area (Å²) in [5.74, 6) is -1.28. The second kappa shape index (κ2) is 5.60. The highest BCUT2D eigenvalue weighted by atomic mass is 35.5. The molecule has 0 radical (unpaired) electrons. The maximum Gasteiger partial charge on any atom is 0.244 e. The number of amides is 3. The largest absolute Gasteiger partial charge is 0.323 e. The van der Waals surface area contributed by atoms with Gasteiger partial charge in [0.1, 0.15) is 6.54 Å². The third kappa shape index (κ3) is 2.26. The molecule has 0 unspecified atom stereocenters. The SMILES string of the molecule is O=C(CN1C(=O)[C@H]2[C@H](C1=O)[C@H]1C=C[C@H]2C1)Nc1cccc(Cl)c1Cl. The molecule has 7 heteroatoms. The van der Waals surface area contributed by atoms with Gasteiger partial charge in [-0.2, -0.15) is 0 Å². The van der Waals surface area contributed by atoms with Gasteiger partial charge in [-0.25, -0.2) is 0 Å². The molecular formula is C17H14Cl2N2O3. The molecule has 2 fully saturated rings. The van der Waals surface area contributed by atoms with Gasteiger partial charge in [-0.05, 0) is 30.4 Å². The van der Waals surface area contributed by atoms with Crippen molar-refractivity contribution >= 4 is 46.6 Å². The molecule has 24 heavy (non-hydrogen) atoms. The zero-order valence-corrected chi connectivity index (χ0v) is 14.1. The Morgan fingerprint density at radius 1 is 1.12 bits per heavy atom. The standard InChI is InChI=1S/C17H14Cl2N2O3/c18-10-2-1-3-11(15(10)19)20-12(22)7-21-16(23)13-8-4-5-9(6-8)14(13)17(21)24/h1-5,8-9,13-14H,6-7H2,(H,20,22)/t8-,9-,13+,14+/m0/s1. The number of imide groups is 1. The van der Waals surface area contributed by atoms with Crippen molar-refractivity contribution in [1.29, 1.82) is 0 Å². The average molecular weight is 365 g/mol. The number of carbonyl (C=O) groups excluding carboxylic acids is 3. The molecule has 2 bridgehead atoms. The minimum atomic E-state index is -0.471. The first kappa shape index (κ1) is 15.7. The van der Waals surface area contributed by atoms with Gasteiger partial charge >= 0.3 is 0 Å². The first-order valence-electron chi connectivity index (χ1n) is 7.75. The van der Waals surface area contributed by atoms with Gasteiger partial charge in [-0.1, -0.05) is 41.4 Å². The fourth-order valence-corrected chi connectivity index (χ4v) is 4.40. The highest BCUT2D eigenvalue weighted by molar-refractivity contribution is 6.44. The molecule has 1 saturated heterocycles. The van der Waals surface area contributed by atoms with Crippen LogP contribution in [0.2, 0.25) is 10.0 Å². The smallest absolute Gasteiger partial charge is 0.244 e. The maximum atomic E-state index is 12.5. The molecule has 0 aromatic heterocycles. The second-order valence-electron chi connectivity index (χ2n) is 6.41. The van der Waals surface area contributed by atoms with E-state index in [1.54, 1.807) is 18.2 Å². The van der Waals surface area contributed by atoms with Crippen LogP contribution in [-0.4, -0.2) is 29.2 Å². The number of benzene rings is 1. The van der Waals surface area contributed by atoms with Crippen molar-refractivity contribution in [1.82, 2.24) is 4.90 Å². The molecule has 1 heterocycles. The van der Waals surface area contributed by atoms with Gasteiger partial charge in [0.05, 0.1) is 27.6 Å². The fraction of sp³-hybridized carbons (Fsp3) is 0.353. The monoisotopic (exact) mass is 364 g/mol. The predicted molar refractivity (Wildman–Crippen MR) is 89.5 cm³/mol. The van der Waals surface area contributed by atoms with Gasteiger partial charge in [0, 0.05) is 0 Å². The minimum absolute atomic E-state index is 0.131. The number of hydrogen-bond acceptors (Lipinski definition) is 3. The number of nitrogens with one attached hydrogen (secondary N) is 1. The van der Waals surface area contributed by atoms with Crippen LogP contribution < -0.4 is 5.32 Å². The quantitative estimate of drug-likeness (QED) is 0.662. The number of nitrogens with zero attached hydrogens (tertiary/aromatic N) is 1. The summed E-state index contributed by atoms with van der Waals surface area (Å²) in [5, 5.41) is 3.15. The van der Waals surface area contributed by atoms with Crippen LogP contribution in [0.3, 0.4) is 0 Å². The molecule has 5 nitrogen and oxygen atoms in total. The van der Waals surface area contributed by atoms with E-state index < -0.39 is 5.91 Å². The summed E-state index contributed by atoms with van der Waals surface area (Å²) < 4.78 is 0. The molecule has 3 amide bonds. The lowest BCUT2D eigenvalue weighted by atomic mass is 9.85. The molecule has 1 aliphatic heterocycles. The van der Waals surface area contributed by atoms with Crippen molar-refractivity contribution in [3.8, 4) is 0 Å². The van der Waals surface area contributed by atoms with Crippen molar-refractivity contribution in [2.75, 3.05) is 11.9 Å². The van der Waals surface area contributed by atoms with Crippen LogP contribution in [0.5, 0.6) is 0 Å². The number of carbonyl (C=O) groups is 3. The third-order valence-corrected chi connectivity index (χ3v) is 5.91. The first-order valence-corrected chi connectivity index (χ1v) is 8.50. The molecule has 2 aliphatic carbocycles. The molecule has 1 N–H and O–H groups in total. The van der Waals surface area contributed by atoms with Crippen LogP contribution >= 0.6 is 23.2 Å². The molecule has 4 rings (SSSR count). The van der Waals surface area contributed by atoms with E-state index in [0.717, 1.165) is 11.3 Å². The number of fused-ring (bicyclic) bond motifs is 5. The van der Waals surface area contributed by atoms with Gasteiger partial charge in [-0.15, -0.1) is 0 Å². The van der Waals surface area contributed by atoms with Gasteiger partial charge in [0.25, 0.3) is 0 Å². The summed E-state index contributed by atoms with van der Waals surface area (Å²) in [4.78, 5) is 38.4. The van der Waals surface area contributed by atoms with E-state index in [2.05, 4.69) is 5.32 Å². The van der Waals surface area contributed by atoms with Crippen molar-refractivity contribution in [3.63, 3.8) is 0 Å². The third-order valence-electron chi connectivity index (χ3n) is 5.09. The minimum Gasteiger partial charge on any atom is -0.323 e. The van der Waals surface area contributed by atoms with Crippen molar-refractivity contribution in [2.45, 2.75) is 6.42 Å². The van der Waals surface area contributed by atoms with Crippen LogP contribution in [0.4, 0.5) is 5.69 Å². The highest BCUT2D eigenvalue weighted by Gasteiger charge is 2.59.